The van der Waals surface area contributed by atoms with E-state index in [1.165, 1.54) is 49.4 Å². The molecule has 2 saturated carbocycles. The number of ketones is 1. The van der Waals surface area contributed by atoms with Gasteiger partial charge >= 0.3 is 0 Å². The van der Waals surface area contributed by atoms with Crippen LogP contribution in [0.15, 0.2) is 53.7 Å². The SMILES string of the molecule is COc1ccc([C@@H]2Nn3c(nnc3C3CC3)S[C@H]2C(=O)c2ccc(C3CCCCC3)cc2)cc1. The molecule has 0 saturated heterocycles. The molecule has 0 radical (unpaired) electrons. The fraction of sp³-hybridized carbons (Fsp3) is 0.444. The van der Waals surface area contributed by atoms with Gasteiger partial charge in [0, 0.05) is 11.5 Å². The minimum absolute atomic E-state index is 0.121. The Bertz CT molecular complexity index is 1160. The highest BCUT2D eigenvalue weighted by atomic mass is 32.2. The highest BCUT2D eigenvalue weighted by Gasteiger charge is 2.40. The third kappa shape index (κ3) is 4.11. The van der Waals surface area contributed by atoms with Crippen molar-refractivity contribution in [3.8, 4) is 5.75 Å². The largest absolute Gasteiger partial charge is 0.497 e. The van der Waals surface area contributed by atoms with Crippen LogP contribution in [0, 0.1) is 0 Å². The Morgan fingerprint density at radius 2 is 1.62 bits per heavy atom. The maximum absolute atomic E-state index is 13.8. The van der Waals surface area contributed by atoms with E-state index in [-0.39, 0.29) is 17.1 Å². The van der Waals surface area contributed by atoms with Crippen molar-refractivity contribution >= 4 is 17.5 Å². The lowest BCUT2D eigenvalue weighted by atomic mass is 9.83. The van der Waals surface area contributed by atoms with Crippen molar-refractivity contribution in [2.75, 3.05) is 12.5 Å². The first-order valence-electron chi connectivity index (χ1n) is 12.4. The average molecular weight is 475 g/mol. The van der Waals surface area contributed by atoms with Crippen LogP contribution in [-0.4, -0.2) is 33.0 Å². The predicted molar refractivity (Wildman–Crippen MR) is 133 cm³/mol. The zero-order valence-electron chi connectivity index (χ0n) is 19.4. The van der Waals surface area contributed by atoms with Gasteiger partial charge in [-0.3, -0.25) is 4.79 Å². The lowest BCUT2D eigenvalue weighted by molar-refractivity contribution is 0.0980. The second kappa shape index (κ2) is 9.10. The first kappa shape index (κ1) is 21.7. The molecule has 1 N–H and O–H groups in total. The Morgan fingerprint density at radius 1 is 0.912 bits per heavy atom. The maximum Gasteiger partial charge on any atom is 0.210 e. The fourth-order valence-corrected chi connectivity index (χ4v) is 6.42. The molecule has 2 aliphatic carbocycles. The van der Waals surface area contributed by atoms with Crippen molar-refractivity contribution in [3.05, 3.63) is 71.0 Å². The van der Waals surface area contributed by atoms with Crippen LogP contribution in [0.3, 0.4) is 0 Å². The van der Waals surface area contributed by atoms with Crippen molar-refractivity contribution < 1.29 is 9.53 Å². The Labute approximate surface area is 204 Å². The van der Waals surface area contributed by atoms with Gasteiger partial charge in [-0.25, -0.2) is 4.68 Å². The smallest absolute Gasteiger partial charge is 0.210 e. The van der Waals surface area contributed by atoms with Crippen LogP contribution in [0.2, 0.25) is 0 Å². The molecule has 1 aliphatic heterocycles. The molecule has 176 valence electrons. The summed E-state index contributed by atoms with van der Waals surface area (Å²) in [6.45, 7) is 0. The fourth-order valence-electron chi connectivity index (χ4n) is 5.26. The van der Waals surface area contributed by atoms with E-state index in [4.69, 9.17) is 4.74 Å². The Kier molecular flexibility index (Phi) is 5.81. The van der Waals surface area contributed by atoms with Gasteiger partial charge in [-0.2, -0.15) is 0 Å². The number of hydrogen-bond acceptors (Lipinski definition) is 6. The zero-order chi connectivity index (χ0) is 23.1. The zero-order valence-corrected chi connectivity index (χ0v) is 20.3. The van der Waals surface area contributed by atoms with Gasteiger partial charge in [0.25, 0.3) is 0 Å². The number of nitrogens with one attached hydrogen (secondary N) is 1. The molecule has 0 amide bonds. The van der Waals surface area contributed by atoms with Crippen LogP contribution < -0.4 is 10.2 Å². The highest BCUT2D eigenvalue weighted by Crippen LogP contribution is 2.44. The molecule has 2 atom stereocenters. The highest BCUT2D eigenvalue weighted by molar-refractivity contribution is 8.00. The van der Waals surface area contributed by atoms with E-state index in [9.17, 15) is 4.79 Å². The van der Waals surface area contributed by atoms with E-state index in [1.54, 1.807) is 7.11 Å². The number of benzene rings is 2. The molecule has 34 heavy (non-hydrogen) atoms. The van der Waals surface area contributed by atoms with E-state index < -0.39 is 0 Å². The Morgan fingerprint density at radius 3 is 2.29 bits per heavy atom. The molecular weight excluding hydrogens is 444 g/mol. The number of carbonyl (C=O) groups excluding carboxylic acids is 1. The quantitative estimate of drug-likeness (QED) is 0.452. The monoisotopic (exact) mass is 474 g/mol. The Balaban J connectivity index is 1.30. The summed E-state index contributed by atoms with van der Waals surface area (Å²) >= 11 is 1.52. The van der Waals surface area contributed by atoms with Crippen LogP contribution in [0.25, 0.3) is 0 Å². The molecular formula is C27H30N4O2S. The van der Waals surface area contributed by atoms with E-state index >= 15 is 0 Å². The molecule has 2 aromatic carbocycles. The number of thioether (sulfide) groups is 1. The van der Waals surface area contributed by atoms with Crippen molar-refractivity contribution in [1.29, 1.82) is 0 Å². The summed E-state index contributed by atoms with van der Waals surface area (Å²) < 4.78 is 7.35. The number of carbonyl (C=O) groups is 1. The lowest BCUT2D eigenvalue weighted by Crippen LogP contribution is -2.39. The Hall–Kier alpha value is -2.80. The summed E-state index contributed by atoms with van der Waals surface area (Å²) in [4.78, 5) is 13.8. The first-order valence-corrected chi connectivity index (χ1v) is 13.3. The molecule has 1 aromatic heterocycles. The van der Waals surface area contributed by atoms with Crippen molar-refractivity contribution in [1.82, 2.24) is 14.9 Å². The standard InChI is InChI=1S/C27H30N4O2S/c1-33-22-15-13-19(14-16-22)23-25(34-27-29-28-26(21-11-12-21)31(27)30-23)24(32)20-9-7-18(8-10-20)17-5-3-2-4-6-17/h7-10,13-17,21,23,25,30H,2-6,11-12H2,1H3/t23-,25+/m0/s1. The minimum Gasteiger partial charge on any atom is -0.497 e. The third-order valence-corrected chi connectivity index (χ3v) is 8.62. The summed E-state index contributed by atoms with van der Waals surface area (Å²) in [5.74, 6) is 3.00. The number of methoxy groups -OCH3 is 1. The van der Waals surface area contributed by atoms with Gasteiger partial charge in [-0.15, -0.1) is 10.2 Å². The third-order valence-electron chi connectivity index (χ3n) is 7.41. The van der Waals surface area contributed by atoms with Crippen LogP contribution in [0.4, 0.5) is 0 Å². The van der Waals surface area contributed by atoms with Crippen molar-refractivity contribution in [2.45, 2.75) is 73.2 Å². The van der Waals surface area contributed by atoms with Crippen LogP contribution in [0.1, 0.15) is 90.1 Å². The van der Waals surface area contributed by atoms with Crippen molar-refractivity contribution in [3.63, 3.8) is 0 Å². The van der Waals surface area contributed by atoms with Crippen LogP contribution in [-0.2, 0) is 0 Å². The summed E-state index contributed by atoms with van der Waals surface area (Å²) in [5.41, 5.74) is 6.77. The molecule has 3 aliphatic rings. The number of aromatic nitrogens is 3. The molecule has 7 heteroatoms. The normalized spacial score (nSPS) is 22.6. The molecule has 6 nitrogen and oxygen atoms in total. The summed E-state index contributed by atoms with van der Waals surface area (Å²) in [6, 6.07) is 16.2. The number of Topliss-reactive ketones (excluding diaryl/α,β-unsaturated/α-hetero) is 1. The molecule has 0 bridgehead atoms. The second-order valence-electron chi connectivity index (χ2n) is 9.69. The van der Waals surface area contributed by atoms with E-state index in [1.807, 2.05) is 41.1 Å². The van der Waals surface area contributed by atoms with Gasteiger partial charge < -0.3 is 10.2 Å². The predicted octanol–water partition coefficient (Wildman–Crippen LogP) is 5.85. The van der Waals surface area contributed by atoms with E-state index in [2.05, 4.69) is 27.8 Å². The lowest BCUT2D eigenvalue weighted by Gasteiger charge is -2.33. The van der Waals surface area contributed by atoms with Gasteiger partial charge in [0.2, 0.25) is 5.16 Å². The molecule has 6 rings (SSSR count). The van der Waals surface area contributed by atoms with E-state index in [0.29, 0.717) is 11.8 Å². The van der Waals surface area contributed by atoms with E-state index in [0.717, 1.165) is 40.7 Å². The van der Waals surface area contributed by atoms with Gasteiger partial charge in [-0.1, -0.05) is 67.4 Å². The number of nitrogens with zero attached hydrogens (tertiary/aromatic N) is 3. The number of hydrogen-bond donors (Lipinski definition) is 1. The van der Waals surface area contributed by atoms with Crippen LogP contribution >= 0.6 is 11.8 Å². The average Bonchev–Trinajstić information content (AvgIpc) is 3.67. The molecule has 2 heterocycles. The number of fused-ring (bicyclic) bond motifs is 1. The van der Waals surface area contributed by atoms with Crippen molar-refractivity contribution in [2.24, 2.45) is 0 Å². The first-order chi connectivity index (χ1) is 16.7. The molecule has 2 fully saturated rings. The number of ether oxygens (including phenoxy) is 1. The number of rotatable bonds is 6. The maximum atomic E-state index is 13.8. The minimum atomic E-state index is -0.335. The molecule has 0 unspecified atom stereocenters. The summed E-state index contributed by atoms with van der Waals surface area (Å²) in [7, 11) is 1.67. The molecule has 0 spiro atoms. The van der Waals surface area contributed by atoms with Crippen LogP contribution in [0.5, 0.6) is 5.75 Å². The summed E-state index contributed by atoms with van der Waals surface area (Å²) in [6.07, 6.45) is 8.77. The van der Waals surface area contributed by atoms with Gasteiger partial charge in [0.05, 0.1) is 13.2 Å². The van der Waals surface area contributed by atoms with Gasteiger partial charge in [0.1, 0.15) is 11.0 Å². The topological polar surface area (TPSA) is 69.0 Å². The molecule has 3 aromatic rings. The van der Waals surface area contributed by atoms with Gasteiger partial charge in [-0.05, 0) is 54.9 Å². The second-order valence-corrected chi connectivity index (χ2v) is 10.8. The summed E-state index contributed by atoms with van der Waals surface area (Å²) in [5, 5.41) is 9.29. The van der Waals surface area contributed by atoms with Gasteiger partial charge in [0.15, 0.2) is 11.6 Å².